The first-order valence-electron chi connectivity index (χ1n) is 19.6. The van der Waals surface area contributed by atoms with Crippen molar-refractivity contribution in [3.8, 4) is 33.4 Å². The molecule has 0 saturated carbocycles. The van der Waals surface area contributed by atoms with E-state index in [1.165, 1.54) is 111 Å². The van der Waals surface area contributed by atoms with Crippen molar-refractivity contribution in [2.45, 2.75) is 0 Å². The normalized spacial score (nSPS) is 11.8. The van der Waals surface area contributed by atoms with Crippen LogP contribution in [-0.2, 0) is 0 Å². The lowest BCUT2D eigenvalue weighted by Gasteiger charge is -2.29. The lowest BCUT2D eigenvalue weighted by atomic mass is 9.97. The Bertz CT molecular complexity index is 3500. The first-order chi connectivity index (χ1) is 28.8. The molecule has 0 amide bonds. The number of rotatable bonds is 6. The van der Waals surface area contributed by atoms with Crippen molar-refractivity contribution in [3.63, 3.8) is 0 Å². The second-order valence-corrected chi connectivity index (χ2v) is 18.0. The van der Waals surface area contributed by atoms with Crippen molar-refractivity contribution < 1.29 is 0 Å². The number of fused-ring (bicyclic) bond motifs is 9. The van der Waals surface area contributed by atoms with Crippen LogP contribution in [0.3, 0.4) is 0 Å². The smallest absolute Gasteiger partial charge is 0.0640 e. The molecule has 12 rings (SSSR count). The summed E-state index contributed by atoms with van der Waals surface area (Å²) in [5.74, 6) is 0. The zero-order chi connectivity index (χ0) is 38.2. The van der Waals surface area contributed by atoms with E-state index in [2.05, 4.69) is 205 Å². The monoisotopic (exact) mass is 791 g/mol. The Morgan fingerprint density at radius 2 is 0.862 bits per heavy atom. The number of anilines is 3. The molecule has 0 atom stereocenters. The maximum absolute atomic E-state index is 2.61. The molecule has 0 unspecified atom stereocenters. The maximum atomic E-state index is 2.61. The maximum Gasteiger partial charge on any atom is 0.0640 e. The highest BCUT2D eigenvalue weighted by molar-refractivity contribution is 7.27. The van der Waals surface area contributed by atoms with Crippen molar-refractivity contribution in [2.24, 2.45) is 0 Å². The predicted octanol–water partition coefficient (Wildman–Crippen LogP) is 17.3. The van der Waals surface area contributed by atoms with Crippen LogP contribution in [0.1, 0.15) is 0 Å². The fraction of sp³-hybridized carbons (Fsp3) is 0. The van der Waals surface area contributed by atoms with Crippen molar-refractivity contribution >= 4 is 112 Å². The van der Waals surface area contributed by atoms with Gasteiger partial charge in [-0.1, -0.05) is 158 Å². The van der Waals surface area contributed by atoms with Crippen molar-refractivity contribution in [1.29, 1.82) is 0 Å². The first-order valence-corrected chi connectivity index (χ1v) is 22.0. The van der Waals surface area contributed by atoms with E-state index in [0.717, 1.165) is 0 Å². The minimum absolute atomic E-state index is 1.18. The van der Waals surface area contributed by atoms with Gasteiger partial charge in [0.2, 0.25) is 0 Å². The molecule has 9 aromatic carbocycles. The van der Waals surface area contributed by atoms with E-state index >= 15 is 0 Å². The lowest BCUT2D eigenvalue weighted by Crippen LogP contribution is -2.11. The highest BCUT2D eigenvalue weighted by Gasteiger charge is 2.26. The van der Waals surface area contributed by atoms with Gasteiger partial charge in [0.1, 0.15) is 0 Å². The third-order valence-corrected chi connectivity index (χ3v) is 15.0. The number of thiophene rings is 3. The van der Waals surface area contributed by atoms with Gasteiger partial charge in [0.25, 0.3) is 0 Å². The Labute approximate surface area is 347 Å². The molecule has 0 aliphatic rings. The zero-order valence-electron chi connectivity index (χ0n) is 31.2. The van der Waals surface area contributed by atoms with E-state index in [1.807, 2.05) is 34.0 Å². The van der Waals surface area contributed by atoms with Crippen molar-refractivity contribution in [1.82, 2.24) is 0 Å². The molecule has 272 valence electrons. The van der Waals surface area contributed by atoms with E-state index in [0.29, 0.717) is 0 Å². The van der Waals surface area contributed by atoms with Gasteiger partial charge >= 0.3 is 0 Å². The van der Waals surface area contributed by atoms with Crippen LogP contribution in [0.15, 0.2) is 200 Å². The highest BCUT2D eigenvalue weighted by atomic mass is 32.1. The van der Waals surface area contributed by atoms with Gasteiger partial charge in [0.15, 0.2) is 0 Å². The highest BCUT2D eigenvalue weighted by Crippen LogP contribution is 2.54. The van der Waals surface area contributed by atoms with Gasteiger partial charge in [-0.3, -0.25) is 0 Å². The third kappa shape index (κ3) is 5.34. The van der Waals surface area contributed by atoms with Gasteiger partial charge in [-0.25, -0.2) is 0 Å². The topological polar surface area (TPSA) is 3.24 Å². The van der Waals surface area contributed by atoms with Crippen LogP contribution in [-0.4, -0.2) is 0 Å². The summed E-state index contributed by atoms with van der Waals surface area (Å²) in [6.45, 7) is 0. The molecule has 12 aromatic rings. The summed E-state index contributed by atoms with van der Waals surface area (Å²) < 4.78 is 7.74. The Hall–Kier alpha value is -6.56. The quantitative estimate of drug-likeness (QED) is 0.162. The van der Waals surface area contributed by atoms with Crippen LogP contribution in [0.4, 0.5) is 17.1 Å². The van der Waals surface area contributed by atoms with Crippen molar-refractivity contribution in [2.75, 3.05) is 4.90 Å². The molecule has 0 bridgehead atoms. The minimum atomic E-state index is 1.18. The molecule has 0 spiro atoms. The van der Waals surface area contributed by atoms with Gasteiger partial charge in [0.05, 0.1) is 21.8 Å². The van der Waals surface area contributed by atoms with Crippen LogP contribution in [0, 0.1) is 0 Å². The molecule has 0 aliphatic carbocycles. The minimum Gasteiger partial charge on any atom is -0.308 e. The van der Waals surface area contributed by atoms with Crippen LogP contribution < -0.4 is 4.90 Å². The Kier molecular flexibility index (Phi) is 7.83. The summed E-state index contributed by atoms with van der Waals surface area (Å²) in [4.78, 5) is 2.61. The van der Waals surface area contributed by atoms with E-state index < -0.39 is 0 Å². The Balaban J connectivity index is 1.24. The number of hydrogen-bond acceptors (Lipinski definition) is 4. The standard InChI is InChI=1S/C54H33NS3/c1-4-15-34(16-5-1)37-27-28-43-49(32-37)56-50-33-38(35-17-6-2-7-18-35)31-46(51(43)50)55(45-24-14-23-41-40-21-10-12-25-47(40)57-53(41)45)44-30-29-39(36-19-8-3-9-20-36)54-52(44)42-22-11-13-26-48(42)58-54/h1-33H. The van der Waals surface area contributed by atoms with Crippen molar-refractivity contribution in [3.05, 3.63) is 200 Å². The molecule has 3 aromatic heterocycles. The van der Waals surface area contributed by atoms with Gasteiger partial charge in [-0.15, -0.1) is 34.0 Å². The van der Waals surface area contributed by atoms with E-state index in [1.54, 1.807) is 0 Å². The summed E-state index contributed by atoms with van der Waals surface area (Å²) in [7, 11) is 0. The summed E-state index contributed by atoms with van der Waals surface area (Å²) in [5, 5.41) is 7.69. The van der Waals surface area contributed by atoms with Crippen LogP contribution >= 0.6 is 34.0 Å². The molecule has 0 fully saturated rings. The lowest BCUT2D eigenvalue weighted by molar-refractivity contribution is 1.34. The second kappa shape index (κ2) is 13.5. The van der Waals surface area contributed by atoms with Gasteiger partial charge in [-0.05, 0) is 75.8 Å². The molecular weight excluding hydrogens is 759 g/mol. The van der Waals surface area contributed by atoms with Gasteiger partial charge in [-0.2, -0.15) is 0 Å². The summed E-state index contributed by atoms with van der Waals surface area (Å²) in [6.07, 6.45) is 0. The molecule has 3 heterocycles. The molecule has 0 N–H and O–H groups in total. The van der Waals surface area contributed by atoms with Gasteiger partial charge in [0, 0.05) is 55.8 Å². The van der Waals surface area contributed by atoms with E-state index in [4.69, 9.17) is 0 Å². The largest absolute Gasteiger partial charge is 0.308 e. The number of nitrogens with zero attached hydrogens (tertiary/aromatic N) is 1. The molecule has 1 nitrogen and oxygen atoms in total. The predicted molar refractivity (Wildman–Crippen MR) is 256 cm³/mol. The SMILES string of the molecule is c1ccc(-c2ccc3c(c2)sc2cc(-c4ccccc4)cc(N(c4cccc5c4sc4ccccc45)c4ccc(-c5ccccc5)c5sc6ccccc6c45)c23)cc1. The average Bonchev–Trinajstić information content (AvgIpc) is 3.99. The summed E-state index contributed by atoms with van der Waals surface area (Å²) in [6, 6.07) is 73.8. The zero-order valence-corrected chi connectivity index (χ0v) is 33.7. The Morgan fingerprint density at radius 1 is 0.276 bits per heavy atom. The molecule has 0 saturated heterocycles. The number of benzene rings is 9. The van der Waals surface area contributed by atoms with E-state index in [9.17, 15) is 0 Å². The first kappa shape index (κ1) is 33.6. The summed E-state index contributed by atoms with van der Waals surface area (Å²) >= 11 is 5.68. The molecule has 0 aliphatic heterocycles. The molecule has 4 heteroatoms. The van der Waals surface area contributed by atoms with Crippen LogP contribution in [0.25, 0.3) is 93.9 Å². The molecular formula is C54H33NS3. The number of hydrogen-bond donors (Lipinski definition) is 0. The van der Waals surface area contributed by atoms with Gasteiger partial charge < -0.3 is 4.90 Å². The summed E-state index contributed by atoms with van der Waals surface area (Å²) in [5.41, 5.74) is 10.9. The molecule has 0 radical (unpaired) electrons. The Morgan fingerprint density at radius 3 is 1.62 bits per heavy atom. The molecule has 58 heavy (non-hydrogen) atoms. The van der Waals surface area contributed by atoms with E-state index in [-0.39, 0.29) is 0 Å². The van der Waals surface area contributed by atoms with Crippen LogP contribution in [0.2, 0.25) is 0 Å². The average molecular weight is 792 g/mol. The fourth-order valence-electron chi connectivity index (χ4n) is 8.81. The third-order valence-electron chi connectivity index (χ3n) is 11.5. The second-order valence-electron chi connectivity index (χ2n) is 14.8. The van der Waals surface area contributed by atoms with Crippen LogP contribution in [0.5, 0.6) is 0 Å². The fourth-order valence-corrected chi connectivity index (χ4v) is 12.5.